The molecule has 0 aliphatic carbocycles. The number of nitrogens with zero attached hydrogens (tertiary/aromatic N) is 1. The van der Waals surface area contributed by atoms with Crippen molar-refractivity contribution in [2.24, 2.45) is 0 Å². The van der Waals surface area contributed by atoms with Crippen molar-refractivity contribution < 1.29 is 14.3 Å². The van der Waals surface area contributed by atoms with E-state index >= 15 is 0 Å². The second kappa shape index (κ2) is 6.22. The molecule has 19 heavy (non-hydrogen) atoms. The minimum Gasteiger partial charge on any atom is -0.379 e. The van der Waals surface area contributed by atoms with Crippen molar-refractivity contribution in [1.82, 2.24) is 0 Å². The lowest BCUT2D eigenvalue weighted by atomic mass is 10.1. The Labute approximate surface area is 128 Å². The molecule has 0 saturated carbocycles. The number of amides is 1. The molecule has 0 unspecified atom stereocenters. The maximum atomic E-state index is 11.9. The molecular weight excluding hydrogens is 357 g/mol. The van der Waals surface area contributed by atoms with Gasteiger partial charge < -0.3 is 9.64 Å². The quantitative estimate of drug-likeness (QED) is 0.457. The van der Waals surface area contributed by atoms with Gasteiger partial charge in [-0.05, 0) is 12.1 Å². The predicted molar refractivity (Wildman–Crippen MR) is 77.8 cm³/mol. The number of benzene rings is 1. The summed E-state index contributed by atoms with van der Waals surface area (Å²) in [4.78, 5) is 25.1. The summed E-state index contributed by atoms with van der Waals surface area (Å²) >= 11 is 15.1. The Hall–Kier alpha value is -0.620. The molecule has 4 nitrogen and oxygen atoms in total. The Morgan fingerprint density at radius 3 is 2.63 bits per heavy atom. The molecule has 1 aromatic carbocycles. The van der Waals surface area contributed by atoms with Crippen LogP contribution in [0.15, 0.2) is 12.1 Å². The minimum absolute atomic E-state index is 0.199. The van der Waals surface area contributed by atoms with E-state index < -0.39 is 11.7 Å². The van der Waals surface area contributed by atoms with Crippen LogP contribution in [0.5, 0.6) is 0 Å². The van der Waals surface area contributed by atoms with Crippen LogP contribution in [0.3, 0.4) is 0 Å². The summed E-state index contributed by atoms with van der Waals surface area (Å²) in [6.45, 7) is 1.18. The van der Waals surface area contributed by atoms with Crippen molar-refractivity contribution in [2.45, 2.75) is 0 Å². The van der Waals surface area contributed by atoms with E-state index in [1.807, 2.05) is 0 Å². The fourth-order valence-corrected chi connectivity index (χ4v) is 2.67. The predicted octanol–water partition coefficient (Wildman–Crippen LogP) is 2.93. The summed E-state index contributed by atoms with van der Waals surface area (Å²) in [5.41, 5.74) is 0.673. The third-order valence-corrected chi connectivity index (χ3v) is 3.51. The molecule has 0 fully saturated rings. The van der Waals surface area contributed by atoms with Gasteiger partial charge in [0.05, 0.1) is 29.5 Å². The van der Waals surface area contributed by atoms with Crippen molar-refractivity contribution >= 4 is 56.5 Å². The van der Waals surface area contributed by atoms with Crippen LogP contribution in [-0.2, 0) is 9.53 Å². The van der Waals surface area contributed by atoms with Crippen LogP contribution < -0.4 is 4.90 Å². The van der Waals surface area contributed by atoms with Gasteiger partial charge in [0.15, 0.2) is 0 Å². The van der Waals surface area contributed by atoms with E-state index in [0.29, 0.717) is 35.8 Å². The smallest absolute Gasteiger partial charge is 0.299 e. The maximum Gasteiger partial charge on any atom is 0.299 e. The molecule has 7 heteroatoms. The first-order valence-corrected chi connectivity index (χ1v) is 7.43. The van der Waals surface area contributed by atoms with Crippen LogP contribution in [0.2, 0.25) is 10.0 Å². The molecule has 0 spiro atoms. The highest BCUT2D eigenvalue weighted by Crippen LogP contribution is 2.36. The number of halogens is 3. The highest BCUT2D eigenvalue weighted by atomic mass is 79.9. The number of hydrogen-bond acceptors (Lipinski definition) is 3. The number of ketones is 1. The van der Waals surface area contributed by atoms with Crippen LogP contribution in [-0.4, -0.2) is 36.8 Å². The molecule has 0 N–H and O–H groups in total. The zero-order valence-corrected chi connectivity index (χ0v) is 12.9. The van der Waals surface area contributed by atoms with Gasteiger partial charge in [-0.25, -0.2) is 0 Å². The molecule has 0 aromatic heterocycles. The molecule has 0 bridgehead atoms. The van der Waals surface area contributed by atoms with E-state index in [-0.39, 0.29) is 10.6 Å². The van der Waals surface area contributed by atoms with Crippen molar-refractivity contribution in [3.63, 3.8) is 0 Å². The topological polar surface area (TPSA) is 46.6 Å². The third kappa shape index (κ3) is 2.94. The van der Waals surface area contributed by atoms with Gasteiger partial charge in [-0.2, -0.15) is 0 Å². The van der Waals surface area contributed by atoms with E-state index in [1.54, 1.807) is 6.07 Å². The van der Waals surface area contributed by atoms with Gasteiger partial charge in [0.2, 0.25) is 0 Å². The summed E-state index contributed by atoms with van der Waals surface area (Å²) in [6.07, 6.45) is 0. The molecule has 2 rings (SSSR count). The summed E-state index contributed by atoms with van der Waals surface area (Å²) in [6, 6.07) is 3.02. The van der Waals surface area contributed by atoms with E-state index in [2.05, 4.69) is 15.9 Å². The Balaban J connectivity index is 2.23. The lowest BCUT2D eigenvalue weighted by Gasteiger charge is -2.16. The first-order chi connectivity index (χ1) is 9.06. The van der Waals surface area contributed by atoms with Crippen molar-refractivity contribution in [3.05, 3.63) is 27.7 Å². The van der Waals surface area contributed by atoms with Crippen LogP contribution in [0.25, 0.3) is 0 Å². The van der Waals surface area contributed by atoms with Gasteiger partial charge in [0, 0.05) is 16.9 Å². The molecule has 0 atom stereocenters. The molecule has 0 radical (unpaired) electrons. The SMILES string of the molecule is O=C1C(=O)N(CCOCCBr)c2cc(Cl)cc(Cl)c21. The van der Waals surface area contributed by atoms with E-state index in [1.165, 1.54) is 11.0 Å². The van der Waals surface area contributed by atoms with E-state index in [0.717, 1.165) is 0 Å². The molecular formula is C12H10BrCl2NO3. The number of carbonyl (C=O) groups is 2. The third-order valence-electron chi connectivity index (χ3n) is 2.67. The van der Waals surface area contributed by atoms with Gasteiger partial charge in [0.25, 0.3) is 11.7 Å². The molecule has 1 aromatic rings. The highest BCUT2D eigenvalue weighted by Gasteiger charge is 2.37. The molecule has 102 valence electrons. The fourth-order valence-electron chi connectivity index (χ4n) is 1.87. The Morgan fingerprint density at radius 2 is 1.95 bits per heavy atom. The average Bonchev–Trinajstić information content (AvgIpc) is 2.59. The van der Waals surface area contributed by atoms with Crippen LogP contribution in [0.4, 0.5) is 5.69 Å². The number of alkyl halides is 1. The second-order valence-electron chi connectivity index (χ2n) is 3.87. The van der Waals surface area contributed by atoms with Crippen LogP contribution in [0, 0.1) is 0 Å². The van der Waals surface area contributed by atoms with Crippen molar-refractivity contribution in [3.8, 4) is 0 Å². The van der Waals surface area contributed by atoms with E-state index in [9.17, 15) is 9.59 Å². The lowest BCUT2D eigenvalue weighted by Crippen LogP contribution is -2.33. The number of fused-ring (bicyclic) bond motifs is 1. The lowest BCUT2D eigenvalue weighted by molar-refractivity contribution is -0.114. The number of rotatable bonds is 5. The summed E-state index contributed by atoms with van der Waals surface area (Å²) in [5.74, 6) is -1.20. The monoisotopic (exact) mass is 365 g/mol. The summed E-state index contributed by atoms with van der Waals surface area (Å²) < 4.78 is 5.29. The number of ether oxygens (including phenoxy) is 1. The highest BCUT2D eigenvalue weighted by molar-refractivity contribution is 9.09. The molecule has 1 amide bonds. The minimum atomic E-state index is -0.600. The van der Waals surface area contributed by atoms with E-state index in [4.69, 9.17) is 27.9 Å². The molecule has 1 aliphatic heterocycles. The van der Waals surface area contributed by atoms with Crippen LogP contribution >= 0.6 is 39.1 Å². The standard InChI is InChI=1S/C12H10BrCl2NO3/c13-1-3-19-4-2-16-9-6-7(14)5-8(15)10(9)11(17)12(16)18/h5-6H,1-4H2. The molecule has 1 aliphatic rings. The van der Waals surface area contributed by atoms with Gasteiger partial charge >= 0.3 is 0 Å². The Morgan fingerprint density at radius 1 is 1.21 bits per heavy atom. The number of carbonyl (C=O) groups excluding carboxylic acids is 2. The number of hydrogen-bond donors (Lipinski definition) is 0. The summed E-state index contributed by atoms with van der Waals surface area (Å²) in [7, 11) is 0. The zero-order chi connectivity index (χ0) is 14.0. The van der Waals surface area contributed by atoms with Gasteiger partial charge in [-0.1, -0.05) is 39.1 Å². The van der Waals surface area contributed by atoms with Crippen molar-refractivity contribution in [1.29, 1.82) is 0 Å². The number of Topliss-reactive ketones (excluding diaryl/α,β-unsaturated/α-hetero) is 1. The van der Waals surface area contributed by atoms with Gasteiger partial charge in [0.1, 0.15) is 0 Å². The Kier molecular flexibility index (Phi) is 4.84. The largest absolute Gasteiger partial charge is 0.379 e. The average molecular weight is 367 g/mol. The normalized spacial score (nSPS) is 14.2. The zero-order valence-electron chi connectivity index (χ0n) is 9.79. The first kappa shape index (κ1) is 14.8. The molecule has 1 heterocycles. The first-order valence-electron chi connectivity index (χ1n) is 5.55. The summed E-state index contributed by atoms with van der Waals surface area (Å²) in [5, 5.41) is 1.30. The van der Waals surface area contributed by atoms with Crippen molar-refractivity contribution in [2.75, 3.05) is 30.0 Å². The van der Waals surface area contributed by atoms with Gasteiger partial charge in [-0.3, -0.25) is 9.59 Å². The fraction of sp³-hybridized carbons (Fsp3) is 0.333. The van der Waals surface area contributed by atoms with Crippen LogP contribution in [0.1, 0.15) is 10.4 Å². The maximum absolute atomic E-state index is 11.9. The van der Waals surface area contributed by atoms with Gasteiger partial charge in [-0.15, -0.1) is 0 Å². The second-order valence-corrected chi connectivity index (χ2v) is 5.51. The number of anilines is 1. The molecule has 0 saturated heterocycles. The Bertz CT molecular complexity index is 536.